The Kier molecular flexibility index (Phi) is 3.83. The lowest BCUT2D eigenvalue weighted by molar-refractivity contribution is -0.154. The van der Waals surface area contributed by atoms with Gasteiger partial charge in [-0.3, -0.25) is 9.59 Å². The molecule has 0 aromatic heterocycles. The second-order valence-electron chi connectivity index (χ2n) is 6.81. The Hall–Kier alpha value is -1.84. The maximum atomic E-state index is 12.5. The van der Waals surface area contributed by atoms with Crippen LogP contribution in [0.4, 0.5) is 5.69 Å². The summed E-state index contributed by atoms with van der Waals surface area (Å²) >= 11 is 0. The van der Waals surface area contributed by atoms with E-state index in [-0.39, 0.29) is 11.8 Å². The first-order chi connectivity index (χ1) is 9.68. The number of aliphatic carboxylic acids is 1. The van der Waals surface area contributed by atoms with Gasteiger partial charge in [0, 0.05) is 11.6 Å². The van der Waals surface area contributed by atoms with Crippen LogP contribution in [0.5, 0.6) is 0 Å². The second-order valence-corrected chi connectivity index (χ2v) is 6.81. The van der Waals surface area contributed by atoms with Crippen LogP contribution in [0, 0.1) is 23.7 Å². The Labute approximate surface area is 125 Å². The SMILES string of the molecule is Cc1ccc(NC(=O)[C@@H]2CC[C@](C)(C(=O)O)C2(C)C)cc1. The summed E-state index contributed by atoms with van der Waals surface area (Å²) in [4.78, 5) is 24.1. The van der Waals surface area contributed by atoms with Gasteiger partial charge >= 0.3 is 5.97 Å². The van der Waals surface area contributed by atoms with Crippen molar-refractivity contribution >= 4 is 17.6 Å². The van der Waals surface area contributed by atoms with E-state index in [0.717, 1.165) is 11.3 Å². The number of carboxylic acid groups (broad SMARTS) is 1. The highest BCUT2D eigenvalue weighted by Crippen LogP contribution is 2.56. The minimum Gasteiger partial charge on any atom is -0.481 e. The van der Waals surface area contributed by atoms with E-state index in [9.17, 15) is 14.7 Å². The zero-order valence-electron chi connectivity index (χ0n) is 13.1. The number of carbonyl (C=O) groups excluding carboxylic acids is 1. The Bertz CT molecular complexity index is 562. The average molecular weight is 289 g/mol. The maximum absolute atomic E-state index is 12.5. The number of hydrogen-bond acceptors (Lipinski definition) is 2. The van der Waals surface area contributed by atoms with E-state index >= 15 is 0 Å². The third kappa shape index (κ3) is 2.55. The number of carboxylic acids is 1. The number of anilines is 1. The van der Waals surface area contributed by atoms with Gasteiger partial charge in [0.15, 0.2) is 0 Å². The summed E-state index contributed by atoms with van der Waals surface area (Å²) < 4.78 is 0. The Morgan fingerprint density at radius 3 is 2.24 bits per heavy atom. The van der Waals surface area contributed by atoms with Gasteiger partial charge in [-0.1, -0.05) is 31.5 Å². The van der Waals surface area contributed by atoms with Gasteiger partial charge in [-0.05, 0) is 44.2 Å². The fourth-order valence-electron chi connectivity index (χ4n) is 3.21. The van der Waals surface area contributed by atoms with Crippen molar-refractivity contribution in [3.63, 3.8) is 0 Å². The van der Waals surface area contributed by atoms with E-state index in [2.05, 4.69) is 5.32 Å². The monoisotopic (exact) mass is 289 g/mol. The molecule has 0 bridgehead atoms. The van der Waals surface area contributed by atoms with E-state index in [1.165, 1.54) is 0 Å². The summed E-state index contributed by atoms with van der Waals surface area (Å²) in [6.07, 6.45) is 1.13. The summed E-state index contributed by atoms with van der Waals surface area (Å²) in [6.45, 7) is 7.50. The number of rotatable bonds is 3. The predicted octanol–water partition coefficient (Wildman–Crippen LogP) is 3.46. The fourth-order valence-corrected chi connectivity index (χ4v) is 3.21. The molecule has 4 nitrogen and oxygen atoms in total. The standard InChI is InChI=1S/C17H23NO3/c1-11-5-7-12(8-6-11)18-14(19)13-9-10-17(4,15(20)21)16(13,2)3/h5-8,13H,9-10H2,1-4H3,(H,18,19)(H,20,21)/t13-,17+/m0/s1. The summed E-state index contributed by atoms with van der Waals surface area (Å²) in [6, 6.07) is 7.62. The lowest BCUT2D eigenvalue weighted by atomic mass is 9.65. The smallest absolute Gasteiger partial charge is 0.309 e. The minimum atomic E-state index is -0.859. The van der Waals surface area contributed by atoms with Crippen LogP contribution in [-0.4, -0.2) is 17.0 Å². The van der Waals surface area contributed by atoms with Crippen molar-refractivity contribution in [2.45, 2.75) is 40.5 Å². The van der Waals surface area contributed by atoms with E-state index in [1.807, 2.05) is 45.0 Å². The van der Waals surface area contributed by atoms with Crippen LogP contribution in [0.1, 0.15) is 39.2 Å². The van der Waals surface area contributed by atoms with E-state index in [0.29, 0.717) is 12.8 Å². The molecule has 0 aliphatic heterocycles. The van der Waals surface area contributed by atoms with Crippen molar-refractivity contribution in [3.05, 3.63) is 29.8 Å². The number of benzene rings is 1. The van der Waals surface area contributed by atoms with Gasteiger partial charge in [-0.25, -0.2) is 0 Å². The first-order valence-electron chi connectivity index (χ1n) is 7.29. The largest absolute Gasteiger partial charge is 0.481 e. The zero-order chi connectivity index (χ0) is 15.8. The number of amides is 1. The van der Waals surface area contributed by atoms with Crippen LogP contribution in [0.2, 0.25) is 0 Å². The summed E-state index contributed by atoms with van der Waals surface area (Å²) in [5.74, 6) is -1.20. The van der Waals surface area contributed by atoms with Crippen LogP contribution in [-0.2, 0) is 9.59 Å². The highest BCUT2D eigenvalue weighted by molar-refractivity contribution is 5.94. The molecule has 21 heavy (non-hydrogen) atoms. The number of carbonyl (C=O) groups is 2. The van der Waals surface area contributed by atoms with Crippen molar-refractivity contribution in [3.8, 4) is 0 Å². The highest BCUT2D eigenvalue weighted by atomic mass is 16.4. The minimum absolute atomic E-state index is 0.0890. The third-order valence-corrected chi connectivity index (χ3v) is 5.33. The molecule has 1 aliphatic rings. The molecule has 0 heterocycles. The molecule has 1 aromatic rings. The topological polar surface area (TPSA) is 66.4 Å². The first kappa shape index (κ1) is 15.5. The van der Waals surface area contributed by atoms with Gasteiger partial charge in [-0.2, -0.15) is 0 Å². The molecular weight excluding hydrogens is 266 g/mol. The molecule has 0 radical (unpaired) electrons. The molecule has 0 spiro atoms. The molecule has 1 saturated carbocycles. The third-order valence-electron chi connectivity index (χ3n) is 5.33. The van der Waals surface area contributed by atoms with Gasteiger partial charge in [0.25, 0.3) is 0 Å². The molecule has 0 unspecified atom stereocenters. The molecule has 2 rings (SSSR count). The molecule has 1 aliphatic carbocycles. The van der Waals surface area contributed by atoms with Crippen LogP contribution in [0.25, 0.3) is 0 Å². The van der Waals surface area contributed by atoms with Crippen LogP contribution in [0.3, 0.4) is 0 Å². The number of aryl methyl sites for hydroxylation is 1. The molecule has 2 atom stereocenters. The lowest BCUT2D eigenvalue weighted by Crippen LogP contribution is -2.43. The van der Waals surface area contributed by atoms with E-state index in [4.69, 9.17) is 0 Å². The lowest BCUT2D eigenvalue weighted by Gasteiger charge is -2.37. The average Bonchev–Trinajstić information content (AvgIpc) is 2.64. The first-order valence-corrected chi connectivity index (χ1v) is 7.29. The van der Waals surface area contributed by atoms with E-state index in [1.54, 1.807) is 6.92 Å². The molecule has 4 heteroatoms. The molecule has 2 N–H and O–H groups in total. The normalized spacial score (nSPS) is 27.3. The van der Waals surface area contributed by atoms with Crippen molar-refractivity contribution in [1.82, 2.24) is 0 Å². The molecule has 114 valence electrons. The quantitative estimate of drug-likeness (QED) is 0.895. The molecule has 0 saturated heterocycles. The van der Waals surface area contributed by atoms with Crippen molar-refractivity contribution in [2.24, 2.45) is 16.7 Å². The summed E-state index contributed by atoms with van der Waals surface area (Å²) in [5.41, 5.74) is 0.452. The summed E-state index contributed by atoms with van der Waals surface area (Å²) in [5, 5.41) is 12.4. The summed E-state index contributed by atoms with van der Waals surface area (Å²) in [7, 11) is 0. The predicted molar refractivity (Wildman–Crippen MR) is 82.1 cm³/mol. The number of hydrogen-bond donors (Lipinski definition) is 2. The van der Waals surface area contributed by atoms with Crippen molar-refractivity contribution in [1.29, 1.82) is 0 Å². The molecule has 1 amide bonds. The molecule has 1 aromatic carbocycles. The van der Waals surface area contributed by atoms with Crippen LogP contribution >= 0.6 is 0 Å². The number of nitrogens with one attached hydrogen (secondary N) is 1. The second kappa shape index (κ2) is 5.17. The van der Waals surface area contributed by atoms with Gasteiger partial charge in [0.2, 0.25) is 5.91 Å². The maximum Gasteiger partial charge on any atom is 0.309 e. The van der Waals surface area contributed by atoms with Gasteiger partial charge < -0.3 is 10.4 Å². The Balaban J connectivity index is 2.17. The van der Waals surface area contributed by atoms with Crippen molar-refractivity contribution < 1.29 is 14.7 Å². The van der Waals surface area contributed by atoms with Crippen LogP contribution in [0.15, 0.2) is 24.3 Å². The molecular formula is C17H23NO3. The highest BCUT2D eigenvalue weighted by Gasteiger charge is 2.58. The zero-order valence-corrected chi connectivity index (χ0v) is 13.1. The van der Waals surface area contributed by atoms with Gasteiger partial charge in [-0.15, -0.1) is 0 Å². The van der Waals surface area contributed by atoms with E-state index < -0.39 is 16.8 Å². The van der Waals surface area contributed by atoms with Crippen LogP contribution < -0.4 is 5.32 Å². The van der Waals surface area contributed by atoms with Crippen molar-refractivity contribution in [2.75, 3.05) is 5.32 Å². The van der Waals surface area contributed by atoms with Gasteiger partial charge in [0.1, 0.15) is 0 Å². The van der Waals surface area contributed by atoms with Gasteiger partial charge in [0.05, 0.1) is 5.41 Å². The fraction of sp³-hybridized carbons (Fsp3) is 0.529. The Morgan fingerprint density at radius 1 is 1.19 bits per heavy atom. The Morgan fingerprint density at radius 2 is 1.76 bits per heavy atom. The molecule has 1 fully saturated rings.